The molecule has 0 N–H and O–H groups in total. The summed E-state index contributed by atoms with van der Waals surface area (Å²) in [5.41, 5.74) is 10.4. The van der Waals surface area contributed by atoms with E-state index in [0.29, 0.717) is 0 Å². The second-order valence-corrected chi connectivity index (χ2v) is 6.06. The van der Waals surface area contributed by atoms with E-state index in [0.717, 1.165) is 17.8 Å². The number of rotatable bonds is 0. The van der Waals surface area contributed by atoms with Gasteiger partial charge in [0.1, 0.15) is 11.3 Å². The van der Waals surface area contributed by atoms with Crippen LogP contribution < -0.4 is 0 Å². The van der Waals surface area contributed by atoms with Crippen molar-refractivity contribution >= 4 is 11.0 Å². The van der Waals surface area contributed by atoms with Crippen LogP contribution in [0.1, 0.15) is 33.4 Å². The summed E-state index contributed by atoms with van der Waals surface area (Å²) in [5.74, 6) is 1.09. The van der Waals surface area contributed by atoms with Crippen molar-refractivity contribution in [3.05, 3.63) is 57.6 Å². The highest BCUT2D eigenvalue weighted by molar-refractivity contribution is 5.94. The number of fused-ring (bicyclic) bond motifs is 5. The van der Waals surface area contributed by atoms with Crippen molar-refractivity contribution in [1.29, 1.82) is 0 Å². The maximum atomic E-state index is 6.24. The smallest absolute Gasteiger partial charge is 0.139 e. The minimum atomic E-state index is 1.00. The van der Waals surface area contributed by atoms with Crippen LogP contribution in [0.2, 0.25) is 0 Å². The normalized spacial score (nSPS) is 12.8. The van der Waals surface area contributed by atoms with Gasteiger partial charge in [-0.1, -0.05) is 18.2 Å². The average Bonchev–Trinajstić information content (AvgIpc) is 2.92. The van der Waals surface area contributed by atoms with Gasteiger partial charge < -0.3 is 4.42 Å². The van der Waals surface area contributed by atoms with Gasteiger partial charge in [-0.3, -0.25) is 0 Å². The Bertz CT molecular complexity index is 865. The lowest BCUT2D eigenvalue weighted by Gasteiger charge is -2.06. The molecule has 0 spiro atoms. The van der Waals surface area contributed by atoms with Gasteiger partial charge >= 0.3 is 0 Å². The third kappa shape index (κ3) is 1.38. The Morgan fingerprint density at radius 1 is 0.900 bits per heavy atom. The molecule has 1 heteroatoms. The minimum Gasteiger partial charge on any atom is -0.455 e. The van der Waals surface area contributed by atoms with Crippen molar-refractivity contribution in [3.8, 4) is 11.3 Å². The van der Waals surface area contributed by atoms with Gasteiger partial charge in [0, 0.05) is 22.9 Å². The second kappa shape index (κ2) is 3.76. The van der Waals surface area contributed by atoms with E-state index in [-0.39, 0.29) is 0 Å². The Kier molecular flexibility index (Phi) is 2.21. The van der Waals surface area contributed by atoms with Crippen LogP contribution in [0.5, 0.6) is 0 Å². The molecule has 1 nitrogen and oxygen atoms in total. The Morgan fingerprint density at radius 2 is 1.65 bits per heavy atom. The molecule has 0 atom stereocenters. The van der Waals surface area contributed by atoms with Crippen LogP contribution in [-0.4, -0.2) is 0 Å². The van der Waals surface area contributed by atoms with E-state index in [1.807, 2.05) is 0 Å². The first-order valence-corrected chi connectivity index (χ1v) is 7.18. The molecule has 0 saturated carbocycles. The number of benzene rings is 2. The van der Waals surface area contributed by atoms with E-state index in [1.54, 1.807) is 0 Å². The largest absolute Gasteiger partial charge is 0.455 e. The molecule has 2 aromatic carbocycles. The molecule has 1 heterocycles. The zero-order valence-electron chi connectivity index (χ0n) is 12.4. The highest BCUT2D eigenvalue weighted by atomic mass is 16.3. The first-order valence-electron chi connectivity index (χ1n) is 7.18. The molecule has 0 radical (unpaired) electrons. The molecule has 3 aromatic rings. The molecule has 100 valence electrons. The van der Waals surface area contributed by atoms with Gasteiger partial charge in [-0.05, 0) is 61.6 Å². The Labute approximate surface area is 119 Å². The van der Waals surface area contributed by atoms with Gasteiger partial charge in [0.15, 0.2) is 0 Å². The summed E-state index contributed by atoms with van der Waals surface area (Å²) in [6.45, 7) is 8.65. The molecule has 4 rings (SSSR count). The maximum Gasteiger partial charge on any atom is 0.139 e. The summed E-state index contributed by atoms with van der Waals surface area (Å²) in [6.07, 6.45) is 1.00. The van der Waals surface area contributed by atoms with Gasteiger partial charge in [-0.15, -0.1) is 0 Å². The quantitative estimate of drug-likeness (QED) is 0.422. The monoisotopic (exact) mass is 262 g/mol. The van der Waals surface area contributed by atoms with E-state index in [4.69, 9.17) is 4.42 Å². The van der Waals surface area contributed by atoms with Crippen LogP contribution in [0.15, 0.2) is 28.7 Å². The fourth-order valence-electron chi connectivity index (χ4n) is 3.26. The average molecular weight is 262 g/mol. The first kappa shape index (κ1) is 11.8. The lowest BCUT2D eigenvalue weighted by molar-refractivity contribution is 0.628. The van der Waals surface area contributed by atoms with E-state index in [2.05, 4.69) is 52.0 Å². The highest BCUT2D eigenvalue weighted by Gasteiger charge is 2.26. The Balaban J connectivity index is 2.06. The highest BCUT2D eigenvalue weighted by Crippen LogP contribution is 2.44. The summed E-state index contributed by atoms with van der Waals surface area (Å²) < 4.78 is 6.24. The minimum absolute atomic E-state index is 1.00. The van der Waals surface area contributed by atoms with E-state index >= 15 is 0 Å². The molecule has 1 aromatic heterocycles. The third-order valence-electron chi connectivity index (χ3n) is 4.81. The first-order chi connectivity index (χ1) is 9.56. The van der Waals surface area contributed by atoms with E-state index in [9.17, 15) is 0 Å². The molecule has 0 unspecified atom stereocenters. The number of furan rings is 1. The second-order valence-electron chi connectivity index (χ2n) is 6.06. The Morgan fingerprint density at radius 3 is 2.45 bits per heavy atom. The molecule has 20 heavy (non-hydrogen) atoms. The van der Waals surface area contributed by atoms with Gasteiger partial charge in [0.2, 0.25) is 0 Å². The van der Waals surface area contributed by atoms with Gasteiger partial charge in [-0.2, -0.15) is 0 Å². The summed E-state index contributed by atoms with van der Waals surface area (Å²) >= 11 is 0. The van der Waals surface area contributed by atoms with Gasteiger partial charge in [-0.25, -0.2) is 0 Å². The number of hydrogen-bond acceptors (Lipinski definition) is 1. The summed E-state index contributed by atoms with van der Waals surface area (Å²) in [6, 6.07) is 9.01. The van der Waals surface area contributed by atoms with Crippen molar-refractivity contribution in [2.75, 3.05) is 0 Å². The molecule has 0 fully saturated rings. The molecule has 1 aliphatic carbocycles. The van der Waals surface area contributed by atoms with Crippen LogP contribution in [-0.2, 0) is 6.42 Å². The number of hydrogen-bond donors (Lipinski definition) is 0. The Hall–Kier alpha value is -2.02. The number of aryl methyl sites for hydroxylation is 4. The summed E-state index contributed by atoms with van der Waals surface area (Å²) in [4.78, 5) is 0. The third-order valence-corrected chi connectivity index (χ3v) is 4.81. The van der Waals surface area contributed by atoms with Gasteiger partial charge in [0.05, 0.1) is 0 Å². The van der Waals surface area contributed by atoms with Crippen LogP contribution in [0.4, 0.5) is 0 Å². The molecule has 0 amide bonds. The van der Waals surface area contributed by atoms with Crippen molar-refractivity contribution < 1.29 is 4.42 Å². The van der Waals surface area contributed by atoms with Gasteiger partial charge in [0.25, 0.3) is 0 Å². The van der Waals surface area contributed by atoms with Crippen LogP contribution in [0.3, 0.4) is 0 Å². The molecule has 0 aliphatic heterocycles. The standard InChI is InChI=1S/C19H18O/c1-10-5-6-15-17-9-14-7-11(2)12(3)8-16(14)19(17)20-18(15)13(10)4/h5-8H,9H2,1-4H3. The summed E-state index contributed by atoms with van der Waals surface area (Å²) in [7, 11) is 0. The van der Waals surface area contributed by atoms with Crippen molar-refractivity contribution in [2.45, 2.75) is 34.1 Å². The van der Waals surface area contributed by atoms with Crippen molar-refractivity contribution in [3.63, 3.8) is 0 Å². The van der Waals surface area contributed by atoms with Crippen molar-refractivity contribution in [2.24, 2.45) is 0 Å². The molecule has 0 saturated heterocycles. The maximum absolute atomic E-state index is 6.24. The van der Waals surface area contributed by atoms with Crippen molar-refractivity contribution in [1.82, 2.24) is 0 Å². The SMILES string of the molecule is Cc1cc2c(cc1C)-c1oc3c(C)c(C)ccc3c1C2. The zero-order valence-corrected chi connectivity index (χ0v) is 12.4. The summed E-state index contributed by atoms with van der Waals surface area (Å²) in [5, 5.41) is 1.29. The van der Waals surface area contributed by atoms with Crippen LogP contribution in [0.25, 0.3) is 22.3 Å². The lowest BCUT2D eigenvalue weighted by Crippen LogP contribution is -1.88. The lowest BCUT2D eigenvalue weighted by atomic mass is 10.0. The van der Waals surface area contributed by atoms with Crippen LogP contribution >= 0.6 is 0 Å². The van der Waals surface area contributed by atoms with Crippen LogP contribution in [0, 0.1) is 27.7 Å². The fraction of sp³-hybridized carbons (Fsp3) is 0.263. The van der Waals surface area contributed by atoms with E-state index in [1.165, 1.54) is 44.3 Å². The molecule has 0 bridgehead atoms. The van der Waals surface area contributed by atoms with E-state index < -0.39 is 0 Å². The molecular formula is C19H18O. The predicted octanol–water partition coefficient (Wildman–Crippen LogP) is 5.24. The fourth-order valence-corrected chi connectivity index (χ4v) is 3.26. The molecule has 1 aliphatic rings. The topological polar surface area (TPSA) is 13.1 Å². The predicted molar refractivity (Wildman–Crippen MR) is 83.4 cm³/mol. The zero-order chi connectivity index (χ0) is 14.0. The molecular weight excluding hydrogens is 244 g/mol.